The zero-order valence-corrected chi connectivity index (χ0v) is 37.7. The molecule has 0 amide bonds. The Kier molecular flexibility index (Phi) is 12.0. The average Bonchev–Trinajstić information content (AvgIpc) is 3.77. The maximum Gasteiger partial charge on any atom is 0.0798 e. The Balaban J connectivity index is 0.000000178. The largest absolute Gasteiger partial charge is 0.333 e. The Labute approximate surface area is 351 Å². The quantitative estimate of drug-likeness (QED) is 0.123. The molecule has 3 aromatic heterocycles. The molecule has 0 spiro atoms. The molecule has 0 bridgehead atoms. The number of rotatable bonds is 6. The maximum atomic E-state index is 5.03. The monoisotopic (exact) mass is 946 g/mol. The molecule has 5 aromatic carbocycles. The minimum Gasteiger partial charge on any atom is -0.333 e. The number of hydrogen-bond donors (Lipinski definition) is 0. The minimum atomic E-state index is -1.36. The van der Waals surface area contributed by atoms with Crippen LogP contribution in [0.15, 0.2) is 121 Å². The van der Waals surface area contributed by atoms with Gasteiger partial charge in [-0.15, -0.1) is 59.7 Å². The molecule has 1 aliphatic carbocycles. The third-order valence-corrected chi connectivity index (χ3v) is 14.3. The molecule has 1 radical (unpaired) electrons. The Morgan fingerprint density at radius 3 is 2.23 bits per heavy atom. The summed E-state index contributed by atoms with van der Waals surface area (Å²) >= 11 is 1.83. The molecule has 0 N–H and O–H groups in total. The third-order valence-electron chi connectivity index (χ3n) is 11.1. The number of nitrogens with zero attached hydrogens (tertiary/aromatic N) is 3. The molecule has 6 heteroatoms. The van der Waals surface area contributed by atoms with Crippen LogP contribution in [0, 0.1) is 18.1 Å². The van der Waals surface area contributed by atoms with Crippen LogP contribution in [-0.2, 0) is 31.9 Å². The summed E-state index contributed by atoms with van der Waals surface area (Å²) in [6, 6.07) is 47.5. The molecule has 1 saturated carbocycles. The summed E-state index contributed by atoms with van der Waals surface area (Å²) in [6.45, 7) is 14.0. The van der Waals surface area contributed by atoms with E-state index in [1.165, 1.54) is 64.3 Å². The van der Waals surface area contributed by atoms with Crippen molar-refractivity contribution in [2.75, 3.05) is 0 Å². The van der Waals surface area contributed by atoms with Gasteiger partial charge in [0.25, 0.3) is 0 Å². The predicted molar refractivity (Wildman–Crippen MR) is 239 cm³/mol. The van der Waals surface area contributed by atoms with E-state index in [-0.39, 0.29) is 25.5 Å². The third kappa shape index (κ3) is 8.55. The van der Waals surface area contributed by atoms with E-state index < -0.39 is 8.07 Å². The SMILES string of the molecule is CC(C)(C)c1ccc(-n2c(-c3[c-]cc4c(c3)sc3ccccc34)nc3ccccc32)cc1.C[Si](C)(C)c1cnc(-c2[c-]cccc2)cc1CC1CCCCC1.[Ir]. The summed E-state index contributed by atoms with van der Waals surface area (Å²) in [4.78, 5) is 9.80. The van der Waals surface area contributed by atoms with Gasteiger partial charge in [0.1, 0.15) is 0 Å². The summed E-state index contributed by atoms with van der Waals surface area (Å²) in [7, 11) is -1.36. The van der Waals surface area contributed by atoms with Crippen molar-refractivity contribution >= 4 is 55.8 Å². The molecule has 8 aromatic rings. The average molecular weight is 946 g/mol. The van der Waals surface area contributed by atoms with E-state index in [1.807, 2.05) is 29.5 Å². The smallest absolute Gasteiger partial charge is 0.0798 e. The molecule has 56 heavy (non-hydrogen) atoms. The summed E-state index contributed by atoms with van der Waals surface area (Å²) in [5.74, 6) is 1.79. The second-order valence-corrected chi connectivity index (χ2v) is 23.4. The fourth-order valence-corrected chi connectivity index (χ4v) is 10.8. The van der Waals surface area contributed by atoms with Crippen LogP contribution in [0.2, 0.25) is 19.6 Å². The molecule has 1 fully saturated rings. The second kappa shape index (κ2) is 16.7. The van der Waals surface area contributed by atoms with Crippen LogP contribution in [0.3, 0.4) is 0 Å². The first-order valence-electron chi connectivity index (χ1n) is 19.9. The van der Waals surface area contributed by atoms with Gasteiger partial charge >= 0.3 is 0 Å². The zero-order valence-electron chi connectivity index (χ0n) is 33.5. The van der Waals surface area contributed by atoms with Gasteiger partial charge in [0, 0.05) is 36.7 Å². The summed E-state index contributed by atoms with van der Waals surface area (Å²) in [5, 5.41) is 4.09. The summed E-state index contributed by atoms with van der Waals surface area (Å²) in [5.41, 5.74) is 9.43. The summed E-state index contributed by atoms with van der Waals surface area (Å²) in [6.07, 6.45) is 10.5. The molecule has 0 unspecified atom stereocenters. The van der Waals surface area contributed by atoms with Gasteiger partial charge in [-0.25, -0.2) is 0 Å². The van der Waals surface area contributed by atoms with E-state index in [9.17, 15) is 0 Å². The Bertz CT molecular complexity index is 2570. The number of hydrogen-bond acceptors (Lipinski definition) is 3. The van der Waals surface area contributed by atoms with Crippen LogP contribution in [0.25, 0.3) is 59.5 Å². The molecular weight excluding hydrogens is 895 g/mol. The number of para-hydroxylation sites is 2. The van der Waals surface area contributed by atoms with E-state index >= 15 is 0 Å². The van der Waals surface area contributed by atoms with Gasteiger partial charge in [-0.05, 0) is 74.6 Å². The molecule has 3 heterocycles. The first kappa shape index (κ1) is 40.0. The van der Waals surface area contributed by atoms with Crippen molar-refractivity contribution in [2.45, 2.75) is 84.4 Å². The van der Waals surface area contributed by atoms with Gasteiger partial charge in [0.05, 0.1) is 24.9 Å². The maximum absolute atomic E-state index is 5.03. The molecule has 0 saturated heterocycles. The molecule has 0 atom stereocenters. The molecule has 0 aliphatic heterocycles. The van der Waals surface area contributed by atoms with E-state index in [4.69, 9.17) is 9.97 Å². The molecule has 1 aliphatic rings. The predicted octanol–water partition coefficient (Wildman–Crippen LogP) is 13.4. The second-order valence-electron chi connectivity index (χ2n) is 17.2. The number of fused-ring (bicyclic) bond motifs is 4. The molecule has 3 nitrogen and oxygen atoms in total. The number of benzene rings is 5. The van der Waals surface area contributed by atoms with Gasteiger partial charge in [-0.1, -0.05) is 132 Å². The van der Waals surface area contributed by atoms with Crippen molar-refractivity contribution < 1.29 is 20.1 Å². The fraction of sp³-hybridized carbons (Fsp3) is 0.280. The number of aromatic nitrogens is 3. The first-order chi connectivity index (χ1) is 26.5. The minimum absolute atomic E-state index is 0. The Hall–Kier alpha value is -4.19. The van der Waals surface area contributed by atoms with Crippen molar-refractivity contribution in [3.8, 4) is 28.3 Å². The Morgan fingerprint density at radius 1 is 0.768 bits per heavy atom. The normalized spacial score (nSPS) is 13.8. The molecule has 9 rings (SSSR count). The van der Waals surface area contributed by atoms with E-state index in [1.54, 1.807) is 10.8 Å². The van der Waals surface area contributed by atoms with Gasteiger partial charge in [0.15, 0.2) is 0 Å². The van der Waals surface area contributed by atoms with Crippen LogP contribution in [0.4, 0.5) is 0 Å². The van der Waals surface area contributed by atoms with Gasteiger partial charge in [-0.3, -0.25) is 4.98 Å². The van der Waals surface area contributed by atoms with Crippen LogP contribution >= 0.6 is 11.3 Å². The number of thiophene rings is 1. The van der Waals surface area contributed by atoms with Crippen molar-refractivity contribution in [3.05, 3.63) is 145 Å². The van der Waals surface area contributed by atoms with E-state index in [2.05, 4.69) is 160 Å². The van der Waals surface area contributed by atoms with Gasteiger partial charge < -0.3 is 9.55 Å². The molecule has 287 valence electrons. The zero-order chi connectivity index (χ0) is 38.2. The van der Waals surface area contributed by atoms with Gasteiger partial charge in [0.2, 0.25) is 0 Å². The number of pyridine rings is 1. The topological polar surface area (TPSA) is 30.7 Å². The fourth-order valence-electron chi connectivity index (χ4n) is 8.11. The van der Waals surface area contributed by atoms with Crippen molar-refractivity contribution in [1.82, 2.24) is 14.5 Å². The number of imidazole rings is 1. The van der Waals surface area contributed by atoms with Crippen molar-refractivity contribution in [2.24, 2.45) is 5.92 Å². The van der Waals surface area contributed by atoms with Crippen LogP contribution in [-0.4, -0.2) is 22.6 Å². The van der Waals surface area contributed by atoms with Gasteiger partial charge in [-0.2, -0.15) is 11.3 Å². The van der Waals surface area contributed by atoms with Crippen LogP contribution in [0.5, 0.6) is 0 Å². The first-order valence-corrected chi connectivity index (χ1v) is 24.2. The van der Waals surface area contributed by atoms with Crippen molar-refractivity contribution in [1.29, 1.82) is 0 Å². The van der Waals surface area contributed by atoms with E-state index in [0.29, 0.717) is 0 Å². The standard InChI is InChI=1S/C29H23N2S.C21H28NSi.Ir/c1-29(2,3)20-13-15-21(16-14-20)31-25-10-6-5-9-24(25)30-28(31)19-12-17-23-22-8-4-7-11-26(22)32-27(23)18-19;1-23(2,3)21-16-22-20(18-12-8-5-9-13-18)15-19(21)14-17-10-6-4-7-11-17;/h4-11,13-18H,1-3H3;5,8-9,12,15-17H,4,6-7,10-11,14H2,1-3H3;/q2*-1;. The summed E-state index contributed by atoms with van der Waals surface area (Å²) < 4.78 is 4.83. The molecular formula is C50H51IrN3SSi-2. The van der Waals surface area contributed by atoms with Crippen molar-refractivity contribution in [3.63, 3.8) is 0 Å². The van der Waals surface area contributed by atoms with Crippen LogP contribution in [0.1, 0.15) is 64.0 Å². The Morgan fingerprint density at radius 2 is 1.50 bits per heavy atom. The van der Waals surface area contributed by atoms with Crippen LogP contribution < -0.4 is 5.19 Å². The van der Waals surface area contributed by atoms with E-state index in [0.717, 1.165) is 45.3 Å².